The molecule has 0 amide bonds. The molecule has 0 aromatic carbocycles. The van der Waals surface area contributed by atoms with E-state index in [1.54, 1.807) is 0 Å². The summed E-state index contributed by atoms with van der Waals surface area (Å²) in [6, 6.07) is 3.88. The second-order valence-electron chi connectivity index (χ2n) is 7.50. The molecule has 0 saturated carbocycles. The molecule has 0 atom stereocenters. The highest BCUT2D eigenvalue weighted by Crippen LogP contribution is 2.30. The van der Waals surface area contributed by atoms with Gasteiger partial charge in [-0.05, 0) is 19.9 Å². The van der Waals surface area contributed by atoms with Crippen LogP contribution in [0.25, 0.3) is 0 Å². The smallest absolute Gasteiger partial charge is 0.251 e. The normalized spacial score (nSPS) is 19.8. The molecule has 0 radical (unpaired) electrons. The zero-order chi connectivity index (χ0) is 19.7. The molecule has 4 rings (SSSR count). The lowest BCUT2D eigenvalue weighted by Crippen LogP contribution is -2.47. The van der Waals surface area contributed by atoms with Crippen LogP contribution < -0.4 is 14.7 Å². The van der Waals surface area contributed by atoms with Crippen LogP contribution in [0.5, 0.6) is 0 Å². The zero-order valence-corrected chi connectivity index (χ0v) is 16.3. The van der Waals surface area contributed by atoms with Crippen LogP contribution in [-0.4, -0.2) is 65.1 Å². The number of aromatic nitrogens is 4. The number of piperazine rings is 1. The summed E-state index contributed by atoms with van der Waals surface area (Å²) in [7, 11) is 0. The third-order valence-corrected chi connectivity index (χ3v) is 5.31. The van der Waals surface area contributed by atoms with E-state index in [4.69, 9.17) is 0 Å². The Labute approximate surface area is 163 Å². The van der Waals surface area contributed by atoms with Crippen LogP contribution in [0, 0.1) is 13.8 Å². The van der Waals surface area contributed by atoms with Gasteiger partial charge in [0.25, 0.3) is 5.92 Å². The van der Waals surface area contributed by atoms with Gasteiger partial charge in [0.05, 0.1) is 0 Å². The van der Waals surface area contributed by atoms with Crippen molar-refractivity contribution in [2.75, 3.05) is 54.0 Å². The first-order chi connectivity index (χ1) is 13.4. The van der Waals surface area contributed by atoms with E-state index in [1.807, 2.05) is 30.9 Å². The third kappa shape index (κ3) is 4.13. The van der Waals surface area contributed by atoms with Crippen LogP contribution >= 0.6 is 0 Å². The first-order valence-electron chi connectivity index (χ1n) is 9.67. The molecule has 2 aliphatic rings. The quantitative estimate of drug-likeness (QED) is 0.799. The van der Waals surface area contributed by atoms with Crippen molar-refractivity contribution in [3.05, 3.63) is 29.8 Å². The Morgan fingerprint density at radius 2 is 1.25 bits per heavy atom. The fourth-order valence-corrected chi connectivity index (χ4v) is 3.73. The topological polar surface area (TPSA) is 61.3 Å². The summed E-state index contributed by atoms with van der Waals surface area (Å²) in [6.07, 6.45) is 1.28. The largest absolute Gasteiger partial charge is 0.356 e. The first kappa shape index (κ1) is 18.8. The Kier molecular flexibility index (Phi) is 4.99. The molecule has 0 spiro atoms. The standard InChI is InChI=1S/C19H25F2N7/c1-14-11-15(2)25-18(24-14)28-9-7-27(8-10-28)17-12-16(22-13-23-17)26-5-3-19(20,21)4-6-26/h11-13H,3-10H2,1-2H3. The lowest BCUT2D eigenvalue weighted by Gasteiger charge is -2.36. The Morgan fingerprint density at radius 1 is 0.750 bits per heavy atom. The molecule has 9 heteroatoms. The van der Waals surface area contributed by atoms with E-state index in [9.17, 15) is 8.78 Å². The van der Waals surface area contributed by atoms with Crippen molar-refractivity contribution >= 4 is 17.6 Å². The van der Waals surface area contributed by atoms with Gasteiger partial charge in [-0.15, -0.1) is 0 Å². The van der Waals surface area contributed by atoms with Gasteiger partial charge >= 0.3 is 0 Å². The molecule has 7 nitrogen and oxygen atoms in total. The SMILES string of the molecule is Cc1cc(C)nc(N2CCN(c3cc(N4CCC(F)(F)CC4)ncn3)CC2)n1. The zero-order valence-electron chi connectivity index (χ0n) is 16.3. The van der Waals surface area contributed by atoms with Crippen LogP contribution in [0.4, 0.5) is 26.4 Å². The summed E-state index contributed by atoms with van der Waals surface area (Å²) < 4.78 is 26.8. The number of nitrogens with zero attached hydrogens (tertiary/aromatic N) is 7. The summed E-state index contributed by atoms with van der Waals surface area (Å²) in [5, 5.41) is 0. The molecular formula is C19H25F2N7. The average molecular weight is 389 g/mol. The molecule has 2 saturated heterocycles. The lowest BCUT2D eigenvalue weighted by atomic mass is 10.1. The van der Waals surface area contributed by atoms with Crippen LogP contribution in [-0.2, 0) is 0 Å². The Balaban J connectivity index is 1.41. The highest BCUT2D eigenvalue weighted by molar-refractivity contribution is 5.51. The first-order valence-corrected chi connectivity index (χ1v) is 9.67. The average Bonchev–Trinajstić information content (AvgIpc) is 2.67. The van der Waals surface area contributed by atoms with Crippen molar-refractivity contribution in [2.24, 2.45) is 0 Å². The molecule has 0 unspecified atom stereocenters. The third-order valence-electron chi connectivity index (χ3n) is 5.31. The maximum Gasteiger partial charge on any atom is 0.251 e. The Bertz CT molecular complexity index is 807. The molecule has 2 aromatic heterocycles. The summed E-state index contributed by atoms with van der Waals surface area (Å²) in [5.41, 5.74) is 1.94. The van der Waals surface area contributed by atoms with Crippen LogP contribution in [0.1, 0.15) is 24.2 Å². The summed E-state index contributed by atoms with van der Waals surface area (Å²) in [5.74, 6) is -0.225. The fourth-order valence-electron chi connectivity index (χ4n) is 3.73. The maximum atomic E-state index is 13.4. The van der Waals surface area contributed by atoms with Gasteiger partial charge in [0, 0.05) is 69.6 Å². The van der Waals surface area contributed by atoms with E-state index in [2.05, 4.69) is 29.7 Å². The van der Waals surface area contributed by atoms with Gasteiger partial charge in [-0.3, -0.25) is 0 Å². The van der Waals surface area contributed by atoms with Gasteiger partial charge in [0.2, 0.25) is 5.95 Å². The van der Waals surface area contributed by atoms with Crippen molar-refractivity contribution in [1.82, 2.24) is 19.9 Å². The second-order valence-corrected chi connectivity index (χ2v) is 7.50. The highest BCUT2D eigenvalue weighted by Gasteiger charge is 2.34. The van der Waals surface area contributed by atoms with Crippen molar-refractivity contribution in [3.8, 4) is 0 Å². The molecule has 150 valence electrons. The molecule has 2 aliphatic heterocycles. The lowest BCUT2D eigenvalue weighted by molar-refractivity contribution is -0.0221. The van der Waals surface area contributed by atoms with Crippen molar-refractivity contribution in [1.29, 1.82) is 0 Å². The second kappa shape index (κ2) is 7.44. The number of alkyl halides is 2. The Morgan fingerprint density at radius 3 is 1.82 bits per heavy atom. The molecule has 0 bridgehead atoms. The van der Waals surface area contributed by atoms with Gasteiger partial charge in [-0.1, -0.05) is 0 Å². The number of aryl methyl sites for hydroxylation is 2. The minimum absolute atomic E-state index is 0.124. The van der Waals surface area contributed by atoms with E-state index in [-0.39, 0.29) is 12.8 Å². The molecule has 0 N–H and O–H groups in total. The number of rotatable bonds is 3. The minimum atomic E-state index is -2.56. The fraction of sp³-hybridized carbons (Fsp3) is 0.579. The van der Waals surface area contributed by atoms with Gasteiger partial charge in [0.1, 0.15) is 18.0 Å². The summed E-state index contributed by atoms with van der Waals surface area (Å²) >= 11 is 0. The number of hydrogen-bond donors (Lipinski definition) is 0. The number of hydrogen-bond acceptors (Lipinski definition) is 7. The van der Waals surface area contributed by atoms with Gasteiger partial charge in [0.15, 0.2) is 0 Å². The highest BCUT2D eigenvalue weighted by atomic mass is 19.3. The predicted molar refractivity (Wildman–Crippen MR) is 104 cm³/mol. The van der Waals surface area contributed by atoms with E-state index in [0.29, 0.717) is 13.1 Å². The van der Waals surface area contributed by atoms with Crippen molar-refractivity contribution in [2.45, 2.75) is 32.6 Å². The minimum Gasteiger partial charge on any atom is -0.356 e. The molecule has 4 heterocycles. The monoisotopic (exact) mass is 389 g/mol. The molecule has 0 aliphatic carbocycles. The van der Waals surface area contributed by atoms with E-state index in [1.165, 1.54) is 6.33 Å². The molecule has 28 heavy (non-hydrogen) atoms. The maximum absolute atomic E-state index is 13.4. The van der Waals surface area contributed by atoms with Gasteiger partial charge < -0.3 is 14.7 Å². The molecule has 2 fully saturated rings. The van der Waals surface area contributed by atoms with Crippen LogP contribution in [0.3, 0.4) is 0 Å². The van der Waals surface area contributed by atoms with E-state index >= 15 is 0 Å². The molecule has 2 aromatic rings. The van der Waals surface area contributed by atoms with E-state index in [0.717, 1.165) is 55.2 Å². The predicted octanol–water partition coefficient (Wildman–Crippen LogP) is 2.45. The summed E-state index contributed by atoms with van der Waals surface area (Å²) in [6.45, 7) is 7.80. The van der Waals surface area contributed by atoms with Crippen molar-refractivity contribution in [3.63, 3.8) is 0 Å². The Hall–Kier alpha value is -2.58. The van der Waals surface area contributed by atoms with Gasteiger partial charge in [-0.2, -0.15) is 0 Å². The molecular weight excluding hydrogens is 364 g/mol. The van der Waals surface area contributed by atoms with Crippen LogP contribution in [0.2, 0.25) is 0 Å². The van der Waals surface area contributed by atoms with Crippen molar-refractivity contribution < 1.29 is 8.78 Å². The van der Waals surface area contributed by atoms with E-state index < -0.39 is 5.92 Å². The summed E-state index contributed by atoms with van der Waals surface area (Å²) in [4.78, 5) is 24.1. The number of halogens is 2. The van der Waals surface area contributed by atoms with Gasteiger partial charge in [-0.25, -0.2) is 28.7 Å². The van der Waals surface area contributed by atoms with Crippen LogP contribution in [0.15, 0.2) is 18.5 Å². The number of piperidine rings is 1. The number of anilines is 3.